The van der Waals surface area contributed by atoms with Gasteiger partial charge in [-0.3, -0.25) is 0 Å². The van der Waals surface area contributed by atoms with Crippen LogP contribution in [0.3, 0.4) is 0 Å². The van der Waals surface area contributed by atoms with Crippen LogP contribution in [0.5, 0.6) is 0 Å². The molecule has 0 saturated carbocycles. The van der Waals surface area contributed by atoms with Gasteiger partial charge < -0.3 is 16.2 Å². The first-order valence-electron chi connectivity index (χ1n) is 5.49. The minimum Gasteiger partial charge on any atom is -0.465 e. The Morgan fingerprint density at radius 3 is 3.00 bits per heavy atom. The molecule has 2 atom stereocenters. The first-order valence-corrected chi connectivity index (χ1v) is 5.49. The predicted octanol–water partition coefficient (Wildman–Crippen LogP) is 1.62. The van der Waals surface area contributed by atoms with Gasteiger partial charge in [-0.1, -0.05) is 18.2 Å². The molecule has 1 saturated heterocycles. The van der Waals surface area contributed by atoms with E-state index in [-0.39, 0.29) is 0 Å². The van der Waals surface area contributed by atoms with E-state index in [1.807, 2.05) is 0 Å². The smallest absolute Gasteiger partial charge is 0.402 e. The maximum Gasteiger partial charge on any atom is 0.402 e. The molecule has 86 valence electrons. The quantitative estimate of drug-likeness (QED) is 0.580. The van der Waals surface area contributed by atoms with Crippen LogP contribution in [0.1, 0.15) is 12.8 Å². The molecule has 3 rings (SSSR count). The zero-order valence-electron chi connectivity index (χ0n) is 9.02. The Kier molecular flexibility index (Phi) is 2.99. The van der Waals surface area contributed by atoms with Crippen molar-refractivity contribution in [3.05, 3.63) is 35.6 Å². The lowest BCUT2D eigenvalue weighted by atomic mass is 9.85. The van der Waals surface area contributed by atoms with Gasteiger partial charge >= 0.3 is 6.09 Å². The second-order valence-corrected chi connectivity index (χ2v) is 4.20. The lowest BCUT2D eigenvalue weighted by Gasteiger charge is -2.18. The number of allylic oxidation sites excluding steroid dienone is 6. The summed E-state index contributed by atoms with van der Waals surface area (Å²) >= 11 is 0. The van der Waals surface area contributed by atoms with Crippen LogP contribution in [0.15, 0.2) is 35.6 Å². The maximum absolute atomic E-state index is 8.78. The van der Waals surface area contributed by atoms with Crippen LogP contribution in [-0.4, -0.2) is 17.7 Å². The van der Waals surface area contributed by atoms with Crippen molar-refractivity contribution in [2.75, 3.05) is 6.54 Å². The monoisotopic (exact) mass is 220 g/mol. The molecule has 0 aromatic carbocycles. The molecule has 0 radical (unpaired) electrons. The summed E-state index contributed by atoms with van der Waals surface area (Å²) < 4.78 is 0. The molecule has 16 heavy (non-hydrogen) atoms. The molecule has 2 aliphatic carbocycles. The SMILES string of the molecule is C1=CCC2C(=C1)C=C1NCCC12.NC(=O)O. The van der Waals surface area contributed by atoms with E-state index >= 15 is 0 Å². The zero-order chi connectivity index (χ0) is 11.5. The Morgan fingerprint density at radius 2 is 2.25 bits per heavy atom. The topological polar surface area (TPSA) is 75.3 Å². The van der Waals surface area contributed by atoms with Crippen molar-refractivity contribution >= 4 is 6.09 Å². The number of carboxylic acid groups (broad SMARTS) is 1. The Hall–Kier alpha value is -1.71. The zero-order valence-corrected chi connectivity index (χ0v) is 9.02. The highest BCUT2D eigenvalue weighted by Gasteiger charge is 2.35. The summed E-state index contributed by atoms with van der Waals surface area (Å²) in [5.41, 5.74) is 7.07. The van der Waals surface area contributed by atoms with Crippen LogP contribution >= 0.6 is 0 Å². The van der Waals surface area contributed by atoms with Crippen molar-refractivity contribution in [2.45, 2.75) is 12.8 Å². The Labute approximate surface area is 94.5 Å². The first-order chi connectivity index (χ1) is 7.68. The number of nitrogens with two attached hydrogens (primary N) is 1. The second-order valence-electron chi connectivity index (χ2n) is 4.20. The van der Waals surface area contributed by atoms with E-state index in [1.165, 1.54) is 25.1 Å². The molecule has 2 unspecified atom stereocenters. The fraction of sp³-hybridized carbons (Fsp3) is 0.417. The van der Waals surface area contributed by atoms with Gasteiger partial charge in [-0.15, -0.1) is 0 Å². The third kappa shape index (κ3) is 2.10. The van der Waals surface area contributed by atoms with Crippen LogP contribution in [0, 0.1) is 11.8 Å². The van der Waals surface area contributed by atoms with Crippen molar-refractivity contribution in [3.8, 4) is 0 Å². The van der Waals surface area contributed by atoms with Gasteiger partial charge in [0.1, 0.15) is 0 Å². The third-order valence-corrected chi connectivity index (χ3v) is 3.23. The second kappa shape index (κ2) is 4.43. The fourth-order valence-electron chi connectivity index (χ4n) is 2.63. The number of carbonyl (C=O) groups is 1. The minimum absolute atomic E-state index is 0.806. The van der Waals surface area contributed by atoms with Gasteiger partial charge in [-0.2, -0.15) is 0 Å². The molecule has 1 aliphatic heterocycles. The molecule has 1 fully saturated rings. The lowest BCUT2D eigenvalue weighted by Crippen LogP contribution is -2.10. The molecule has 4 N–H and O–H groups in total. The average molecular weight is 220 g/mol. The number of primary amides is 1. The van der Waals surface area contributed by atoms with E-state index < -0.39 is 6.09 Å². The molecule has 4 nitrogen and oxygen atoms in total. The summed E-state index contributed by atoms with van der Waals surface area (Å²) in [6.45, 7) is 1.18. The van der Waals surface area contributed by atoms with Crippen LogP contribution in [0.2, 0.25) is 0 Å². The van der Waals surface area contributed by atoms with Gasteiger partial charge in [0.15, 0.2) is 0 Å². The standard InChI is InChI=1S/C11H13N.CH3NO2/c1-2-4-9-8(3-1)7-11-10(9)5-6-12-11;2-1(3)4/h1-3,7,9-10,12H,4-6H2;2H2,(H,3,4). The van der Waals surface area contributed by atoms with Crippen LogP contribution in [-0.2, 0) is 0 Å². The number of amides is 1. The highest BCUT2D eigenvalue weighted by atomic mass is 16.4. The van der Waals surface area contributed by atoms with E-state index in [0.717, 1.165) is 11.8 Å². The molecule has 1 heterocycles. The van der Waals surface area contributed by atoms with E-state index in [0.29, 0.717) is 0 Å². The maximum atomic E-state index is 8.78. The number of nitrogens with one attached hydrogen (secondary N) is 1. The van der Waals surface area contributed by atoms with E-state index in [9.17, 15) is 0 Å². The Bertz CT molecular complexity index is 378. The molecular weight excluding hydrogens is 204 g/mol. The molecule has 4 heteroatoms. The van der Waals surface area contributed by atoms with Gasteiger partial charge in [-0.25, -0.2) is 4.79 Å². The van der Waals surface area contributed by atoms with Crippen molar-refractivity contribution < 1.29 is 9.90 Å². The summed E-state index contributed by atoms with van der Waals surface area (Å²) in [7, 11) is 0. The Balaban J connectivity index is 0.000000212. The van der Waals surface area contributed by atoms with Crippen LogP contribution in [0.4, 0.5) is 4.79 Å². The van der Waals surface area contributed by atoms with Gasteiger partial charge in [0.25, 0.3) is 0 Å². The van der Waals surface area contributed by atoms with Gasteiger partial charge in [0.05, 0.1) is 0 Å². The minimum atomic E-state index is -1.33. The normalized spacial score (nSPS) is 29.0. The number of rotatable bonds is 0. The summed E-state index contributed by atoms with van der Waals surface area (Å²) in [5.74, 6) is 1.63. The van der Waals surface area contributed by atoms with Crippen molar-refractivity contribution in [1.29, 1.82) is 0 Å². The molecule has 0 bridgehead atoms. The summed E-state index contributed by atoms with van der Waals surface area (Å²) in [6, 6.07) is 0. The lowest BCUT2D eigenvalue weighted by molar-refractivity contribution is 0.205. The van der Waals surface area contributed by atoms with E-state index in [1.54, 1.807) is 5.57 Å². The number of fused-ring (bicyclic) bond motifs is 3. The molecule has 0 aromatic heterocycles. The average Bonchev–Trinajstić information content (AvgIpc) is 2.75. The predicted molar refractivity (Wildman–Crippen MR) is 61.7 cm³/mol. The molecular formula is C12H16N2O2. The summed E-state index contributed by atoms with van der Waals surface area (Å²) in [6.07, 6.45) is 10.3. The van der Waals surface area contributed by atoms with Crippen LogP contribution < -0.4 is 11.1 Å². The fourth-order valence-corrected chi connectivity index (χ4v) is 2.63. The summed E-state index contributed by atoms with van der Waals surface area (Å²) in [4.78, 5) is 8.78. The Morgan fingerprint density at radius 1 is 1.50 bits per heavy atom. The first kappa shape index (κ1) is 10.8. The van der Waals surface area contributed by atoms with Gasteiger partial charge in [-0.05, 0) is 30.4 Å². The van der Waals surface area contributed by atoms with E-state index in [4.69, 9.17) is 9.90 Å². The van der Waals surface area contributed by atoms with Gasteiger partial charge in [0.2, 0.25) is 0 Å². The largest absolute Gasteiger partial charge is 0.465 e. The van der Waals surface area contributed by atoms with Gasteiger partial charge in [0, 0.05) is 18.2 Å². The highest BCUT2D eigenvalue weighted by Crippen LogP contribution is 2.42. The van der Waals surface area contributed by atoms with Crippen LogP contribution in [0.25, 0.3) is 0 Å². The van der Waals surface area contributed by atoms with Crippen molar-refractivity contribution in [3.63, 3.8) is 0 Å². The van der Waals surface area contributed by atoms with Crippen molar-refractivity contribution in [1.82, 2.24) is 5.32 Å². The number of hydrogen-bond donors (Lipinski definition) is 3. The molecule has 0 spiro atoms. The molecule has 1 amide bonds. The van der Waals surface area contributed by atoms with Crippen molar-refractivity contribution in [2.24, 2.45) is 17.6 Å². The number of hydrogen-bond acceptors (Lipinski definition) is 2. The third-order valence-electron chi connectivity index (χ3n) is 3.23. The molecule has 0 aromatic rings. The summed E-state index contributed by atoms with van der Waals surface area (Å²) in [5, 5.41) is 10.7. The molecule has 3 aliphatic rings. The van der Waals surface area contributed by atoms with E-state index in [2.05, 4.69) is 35.4 Å². The highest BCUT2D eigenvalue weighted by molar-refractivity contribution is 5.61.